The topological polar surface area (TPSA) is 60.9 Å². The van der Waals surface area contributed by atoms with Gasteiger partial charge in [-0.05, 0) is 68.5 Å². The van der Waals surface area contributed by atoms with Crippen LogP contribution < -0.4 is 4.90 Å². The molecule has 0 spiro atoms. The van der Waals surface area contributed by atoms with Crippen molar-refractivity contribution in [2.24, 2.45) is 11.8 Å². The Hall–Kier alpha value is -2.67. The van der Waals surface area contributed by atoms with Crippen LogP contribution in [0.3, 0.4) is 0 Å². The number of carbonyl (C=O) groups excluding carboxylic acids is 3. The first-order chi connectivity index (χ1) is 16.5. The van der Waals surface area contributed by atoms with E-state index in [-0.39, 0.29) is 23.8 Å². The van der Waals surface area contributed by atoms with Gasteiger partial charge in [-0.15, -0.1) is 11.3 Å². The van der Waals surface area contributed by atoms with E-state index in [0.29, 0.717) is 23.0 Å². The van der Waals surface area contributed by atoms with Crippen molar-refractivity contribution in [1.29, 1.82) is 0 Å². The van der Waals surface area contributed by atoms with Crippen LogP contribution in [0.15, 0.2) is 35.7 Å². The van der Waals surface area contributed by atoms with Crippen molar-refractivity contribution >= 4 is 34.7 Å². The molecule has 1 atom stereocenters. The number of amides is 3. The van der Waals surface area contributed by atoms with Crippen LogP contribution in [0.1, 0.15) is 77.6 Å². The van der Waals surface area contributed by atoms with Crippen LogP contribution in [0.2, 0.25) is 0 Å². The van der Waals surface area contributed by atoms with E-state index in [2.05, 4.69) is 16.7 Å². The van der Waals surface area contributed by atoms with Crippen molar-refractivity contribution in [1.82, 2.24) is 9.80 Å². The number of thiophene rings is 1. The Morgan fingerprint density at radius 3 is 2.50 bits per heavy atom. The lowest BCUT2D eigenvalue weighted by atomic mass is 9.93. The van der Waals surface area contributed by atoms with E-state index in [9.17, 15) is 14.4 Å². The van der Waals surface area contributed by atoms with E-state index >= 15 is 0 Å². The number of imide groups is 1. The molecular formula is C27H33N3O3S. The standard InChI is InChI=1S/C27H33N3O3S/c1-3-13-29(17-19-9-10-19)25(31)20-11-14-28(15-12-20)22-7-4-6-21-24(22)27(33)30(26(21)32)18(2)23-8-5-16-34-23/h4-8,16,18-20H,3,9-15,17H2,1-2H3/t18-/m0/s1. The van der Waals surface area contributed by atoms with Crippen LogP contribution in [0.25, 0.3) is 0 Å². The van der Waals surface area contributed by atoms with Crippen LogP contribution in [0.5, 0.6) is 0 Å². The highest BCUT2D eigenvalue weighted by molar-refractivity contribution is 7.10. The van der Waals surface area contributed by atoms with Crippen molar-refractivity contribution in [2.75, 3.05) is 31.1 Å². The van der Waals surface area contributed by atoms with Gasteiger partial charge in [-0.25, -0.2) is 0 Å². The Balaban J connectivity index is 1.30. The summed E-state index contributed by atoms with van der Waals surface area (Å²) < 4.78 is 0. The highest BCUT2D eigenvalue weighted by Crippen LogP contribution is 2.38. The number of anilines is 1. The zero-order chi connectivity index (χ0) is 23.8. The Bertz CT molecular complexity index is 1070. The van der Waals surface area contributed by atoms with Crippen molar-refractivity contribution in [3.8, 4) is 0 Å². The van der Waals surface area contributed by atoms with Crippen LogP contribution in [-0.4, -0.2) is 53.7 Å². The highest BCUT2D eigenvalue weighted by Gasteiger charge is 2.42. The molecule has 6 nitrogen and oxygen atoms in total. The molecule has 5 rings (SSSR count). The molecular weight excluding hydrogens is 446 g/mol. The zero-order valence-electron chi connectivity index (χ0n) is 20.0. The van der Waals surface area contributed by atoms with Crippen LogP contribution >= 0.6 is 11.3 Å². The van der Waals surface area contributed by atoms with Gasteiger partial charge in [-0.3, -0.25) is 19.3 Å². The number of fused-ring (bicyclic) bond motifs is 1. The molecule has 2 aliphatic heterocycles. The quantitative estimate of drug-likeness (QED) is 0.502. The van der Waals surface area contributed by atoms with E-state index in [1.54, 1.807) is 17.4 Å². The summed E-state index contributed by atoms with van der Waals surface area (Å²) in [5, 5.41) is 1.97. The maximum atomic E-state index is 13.5. The molecule has 1 aliphatic carbocycles. The van der Waals surface area contributed by atoms with Gasteiger partial charge in [0.15, 0.2) is 0 Å². The third-order valence-corrected chi connectivity index (χ3v) is 8.47. The lowest BCUT2D eigenvalue weighted by Gasteiger charge is -2.36. The van der Waals surface area contributed by atoms with Crippen molar-refractivity contribution < 1.29 is 14.4 Å². The van der Waals surface area contributed by atoms with Crippen molar-refractivity contribution in [3.05, 3.63) is 51.7 Å². The molecule has 1 saturated carbocycles. The van der Waals surface area contributed by atoms with E-state index in [1.807, 2.05) is 36.6 Å². The molecule has 3 amide bonds. The van der Waals surface area contributed by atoms with Gasteiger partial charge >= 0.3 is 0 Å². The lowest BCUT2D eigenvalue weighted by Crippen LogP contribution is -2.44. The Morgan fingerprint density at radius 1 is 1.09 bits per heavy atom. The van der Waals surface area contributed by atoms with Crippen LogP contribution in [0.4, 0.5) is 5.69 Å². The second-order valence-electron chi connectivity index (χ2n) is 9.86. The third-order valence-electron chi connectivity index (χ3n) is 7.43. The minimum atomic E-state index is -0.292. The second-order valence-corrected chi connectivity index (χ2v) is 10.8. The number of piperidine rings is 1. The molecule has 1 saturated heterocycles. The SMILES string of the molecule is CCCN(CC1CC1)C(=O)C1CCN(c2cccc3c2C(=O)N([C@@H](C)c2cccs2)C3=O)CC1. The predicted molar refractivity (Wildman–Crippen MR) is 134 cm³/mol. The molecule has 0 N–H and O–H groups in total. The first kappa shape index (κ1) is 23.1. The second kappa shape index (κ2) is 9.53. The van der Waals surface area contributed by atoms with Gasteiger partial charge in [0.25, 0.3) is 11.8 Å². The number of benzene rings is 1. The first-order valence-corrected chi connectivity index (χ1v) is 13.5. The van der Waals surface area contributed by atoms with Gasteiger partial charge in [0.05, 0.1) is 22.9 Å². The summed E-state index contributed by atoms with van der Waals surface area (Å²) in [6, 6.07) is 9.19. The van der Waals surface area contributed by atoms with E-state index in [1.165, 1.54) is 17.7 Å². The van der Waals surface area contributed by atoms with Crippen molar-refractivity contribution in [2.45, 2.75) is 52.0 Å². The largest absolute Gasteiger partial charge is 0.371 e. The fourth-order valence-electron chi connectivity index (χ4n) is 5.36. The smallest absolute Gasteiger partial charge is 0.264 e. The van der Waals surface area contributed by atoms with Crippen molar-refractivity contribution in [3.63, 3.8) is 0 Å². The van der Waals surface area contributed by atoms with Gasteiger partial charge < -0.3 is 9.80 Å². The molecule has 3 aliphatic rings. The molecule has 0 radical (unpaired) electrons. The lowest BCUT2D eigenvalue weighted by molar-refractivity contribution is -0.136. The molecule has 7 heteroatoms. The van der Waals surface area contributed by atoms with E-state index < -0.39 is 0 Å². The third kappa shape index (κ3) is 4.26. The summed E-state index contributed by atoms with van der Waals surface area (Å²) in [4.78, 5) is 46.6. The average Bonchev–Trinajstić information content (AvgIpc) is 3.42. The normalized spacial score (nSPS) is 19.5. The number of rotatable bonds is 8. The van der Waals surface area contributed by atoms with E-state index in [0.717, 1.165) is 56.0 Å². The summed E-state index contributed by atoms with van der Waals surface area (Å²) in [5.41, 5.74) is 1.83. The molecule has 0 unspecified atom stereocenters. The maximum Gasteiger partial charge on any atom is 0.264 e. The van der Waals surface area contributed by atoms with Gasteiger partial charge in [0.1, 0.15) is 0 Å². The molecule has 2 fully saturated rings. The fourth-order valence-corrected chi connectivity index (χ4v) is 6.13. The monoisotopic (exact) mass is 479 g/mol. The Kier molecular flexibility index (Phi) is 6.47. The number of carbonyl (C=O) groups is 3. The summed E-state index contributed by atoms with van der Waals surface area (Å²) >= 11 is 1.56. The van der Waals surface area contributed by atoms with E-state index in [4.69, 9.17) is 0 Å². The first-order valence-electron chi connectivity index (χ1n) is 12.6. The minimum absolute atomic E-state index is 0.0472. The van der Waals surface area contributed by atoms with Gasteiger partial charge in [-0.2, -0.15) is 0 Å². The summed E-state index contributed by atoms with van der Waals surface area (Å²) in [6.07, 6.45) is 5.06. The van der Waals surface area contributed by atoms with Gasteiger partial charge in [0.2, 0.25) is 5.91 Å². The number of hydrogen-bond donors (Lipinski definition) is 0. The molecule has 34 heavy (non-hydrogen) atoms. The predicted octanol–water partition coefficient (Wildman–Crippen LogP) is 4.97. The van der Waals surface area contributed by atoms with Gasteiger partial charge in [-0.1, -0.05) is 19.1 Å². The highest BCUT2D eigenvalue weighted by atomic mass is 32.1. The molecule has 1 aromatic carbocycles. The molecule has 1 aromatic heterocycles. The molecule has 180 valence electrons. The fraction of sp³-hybridized carbons (Fsp3) is 0.519. The molecule has 3 heterocycles. The summed E-state index contributed by atoms with van der Waals surface area (Å²) in [6.45, 7) is 7.24. The van der Waals surface area contributed by atoms with Gasteiger partial charge in [0, 0.05) is 37.0 Å². The van der Waals surface area contributed by atoms with Crippen LogP contribution in [-0.2, 0) is 4.79 Å². The average molecular weight is 480 g/mol. The molecule has 2 aromatic rings. The Morgan fingerprint density at radius 2 is 1.85 bits per heavy atom. The number of hydrogen-bond acceptors (Lipinski definition) is 5. The maximum absolute atomic E-state index is 13.5. The number of nitrogens with zero attached hydrogens (tertiary/aromatic N) is 3. The molecule has 0 bridgehead atoms. The minimum Gasteiger partial charge on any atom is -0.371 e. The zero-order valence-corrected chi connectivity index (χ0v) is 20.9. The summed E-state index contributed by atoms with van der Waals surface area (Å²) in [5.74, 6) is 0.613. The van der Waals surface area contributed by atoms with Crippen LogP contribution in [0, 0.1) is 11.8 Å². The summed E-state index contributed by atoms with van der Waals surface area (Å²) in [7, 11) is 0. The Labute approximate surface area is 205 Å².